The molecule has 0 bridgehead atoms. The van der Waals surface area contributed by atoms with E-state index in [0.717, 1.165) is 16.0 Å². The SMILES string of the molecule is Cc1ccc(-c2csc3nc(C)n(Cc4cc(=O)c(OCC(C)C)c[nH]4)c(=O)c23)cc1C. The number of hydrogen-bond donors (Lipinski definition) is 1. The molecule has 0 saturated carbocycles. The van der Waals surface area contributed by atoms with Crippen molar-refractivity contribution in [2.24, 2.45) is 5.92 Å². The molecule has 1 N–H and O–H groups in total. The van der Waals surface area contributed by atoms with Crippen LogP contribution in [0.4, 0.5) is 0 Å². The third-order valence-corrected chi connectivity index (χ3v) is 6.41. The van der Waals surface area contributed by atoms with Crippen molar-refractivity contribution in [2.45, 2.75) is 41.2 Å². The number of nitrogens with zero attached hydrogens (tertiary/aromatic N) is 2. The number of nitrogens with one attached hydrogen (secondary N) is 1. The van der Waals surface area contributed by atoms with Gasteiger partial charge in [0.25, 0.3) is 5.56 Å². The molecule has 0 saturated heterocycles. The highest BCUT2D eigenvalue weighted by Gasteiger charge is 2.16. The minimum Gasteiger partial charge on any atom is -0.488 e. The normalized spacial score (nSPS) is 11.4. The zero-order chi connectivity index (χ0) is 23.0. The second-order valence-corrected chi connectivity index (χ2v) is 9.43. The molecule has 166 valence electrons. The number of H-pyrrole nitrogens is 1. The summed E-state index contributed by atoms with van der Waals surface area (Å²) < 4.78 is 7.17. The second kappa shape index (κ2) is 8.74. The van der Waals surface area contributed by atoms with E-state index in [0.29, 0.717) is 29.4 Å². The van der Waals surface area contributed by atoms with Crippen LogP contribution < -0.4 is 15.7 Å². The van der Waals surface area contributed by atoms with Gasteiger partial charge in [-0.1, -0.05) is 32.0 Å². The monoisotopic (exact) mass is 449 g/mol. The van der Waals surface area contributed by atoms with E-state index in [1.54, 1.807) is 10.8 Å². The third-order valence-electron chi connectivity index (χ3n) is 5.54. The summed E-state index contributed by atoms with van der Waals surface area (Å²) >= 11 is 1.48. The lowest BCUT2D eigenvalue weighted by Gasteiger charge is -2.12. The van der Waals surface area contributed by atoms with E-state index in [9.17, 15) is 9.59 Å². The first kappa shape index (κ1) is 22.0. The zero-order valence-corrected chi connectivity index (χ0v) is 19.8. The standard InChI is InChI=1S/C25H27N3O3S/c1-14(2)12-31-22-10-26-19(9-21(22)29)11-28-17(5)27-24-23(25(28)30)20(13-32-24)18-7-6-15(3)16(4)8-18/h6-10,13-14H,11-12H2,1-5H3,(H,26,29). The van der Waals surface area contributed by atoms with Crippen LogP contribution in [0.1, 0.15) is 36.5 Å². The van der Waals surface area contributed by atoms with Crippen molar-refractivity contribution in [3.63, 3.8) is 0 Å². The van der Waals surface area contributed by atoms with E-state index in [1.165, 1.54) is 28.5 Å². The van der Waals surface area contributed by atoms with Gasteiger partial charge in [0.15, 0.2) is 5.75 Å². The number of pyridine rings is 1. The third kappa shape index (κ3) is 4.25. The average Bonchev–Trinajstić information content (AvgIpc) is 3.16. The van der Waals surface area contributed by atoms with Gasteiger partial charge in [0.1, 0.15) is 10.7 Å². The Kier molecular flexibility index (Phi) is 6.02. The van der Waals surface area contributed by atoms with Gasteiger partial charge in [0, 0.05) is 28.9 Å². The Bertz CT molecular complexity index is 1410. The van der Waals surface area contributed by atoms with Gasteiger partial charge in [-0.15, -0.1) is 11.3 Å². The number of aryl methyl sites for hydroxylation is 3. The fourth-order valence-corrected chi connectivity index (χ4v) is 4.55. The first-order valence-corrected chi connectivity index (χ1v) is 11.5. The molecule has 0 aliphatic carbocycles. The van der Waals surface area contributed by atoms with Crippen LogP contribution in [0.3, 0.4) is 0 Å². The van der Waals surface area contributed by atoms with Crippen LogP contribution in [-0.4, -0.2) is 21.1 Å². The molecule has 0 spiro atoms. The topological polar surface area (TPSA) is 77.0 Å². The Morgan fingerprint density at radius 2 is 1.91 bits per heavy atom. The molecular formula is C25H27N3O3S. The quantitative estimate of drug-likeness (QED) is 0.458. The summed E-state index contributed by atoms with van der Waals surface area (Å²) in [6.07, 6.45) is 1.57. The predicted molar refractivity (Wildman–Crippen MR) is 130 cm³/mol. The van der Waals surface area contributed by atoms with Crippen molar-refractivity contribution < 1.29 is 4.74 Å². The molecule has 4 aromatic rings. The molecule has 3 aromatic heterocycles. The van der Waals surface area contributed by atoms with E-state index >= 15 is 0 Å². The van der Waals surface area contributed by atoms with Crippen LogP contribution in [-0.2, 0) is 6.54 Å². The summed E-state index contributed by atoms with van der Waals surface area (Å²) in [6.45, 7) is 10.7. The number of rotatable bonds is 6. The smallest absolute Gasteiger partial charge is 0.263 e. The zero-order valence-electron chi connectivity index (χ0n) is 19.0. The van der Waals surface area contributed by atoms with E-state index in [1.807, 2.05) is 32.2 Å². The molecule has 3 heterocycles. The van der Waals surface area contributed by atoms with Crippen molar-refractivity contribution in [3.05, 3.63) is 79.1 Å². The fraction of sp³-hybridized carbons (Fsp3) is 0.320. The molecule has 4 rings (SSSR count). The number of aromatic nitrogens is 3. The highest BCUT2D eigenvalue weighted by Crippen LogP contribution is 2.32. The largest absolute Gasteiger partial charge is 0.488 e. The van der Waals surface area contributed by atoms with Crippen LogP contribution >= 0.6 is 11.3 Å². The minimum atomic E-state index is -0.203. The van der Waals surface area contributed by atoms with Crippen LogP contribution in [0.25, 0.3) is 21.3 Å². The van der Waals surface area contributed by atoms with Crippen LogP contribution in [0.2, 0.25) is 0 Å². The van der Waals surface area contributed by atoms with E-state index < -0.39 is 0 Å². The molecule has 7 heteroatoms. The first-order valence-electron chi connectivity index (χ1n) is 10.6. The second-order valence-electron chi connectivity index (χ2n) is 8.57. The summed E-state index contributed by atoms with van der Waals surface area (Å²) in [5.41, 5.74) is 4.61. The molecule has 0 unspecified atom stereocenters. The molecule has 0 fully saturated rings. The molecule has 1 aromatic carbocycles. The lowest BCUT2D eigenvalue weighted by Crippen LogP contribution is -2.25. The Morgan fingerprint density at radius 3 is 2.59 bits per heavy atom. The molecule has 0 amide bonds. The van der Waals surface area contributed by atoms with Crippen molar-refractivity contribution in [3.8, 4) is 16.9 Å². The summed E-state index contributed by atoms with van der Waals surface area (Å²) in [6, 6.07) is 7.71. The Balaban J connectivity index is 1.74. The summed E-state index contributed by atoms with van der Waals surface area (Å²) in [5, 5.41) is 2.61. The molecule has 32 heavy (non-hydrogen) atoms. The van der Waals surface area contributed by atoms with Crippen molar-refractivity contribution in [1.82, 2.24) is 14.5 Å². The first-order chi connectivity index (χ1) is 15.2. The maximum absolute atomic E-state index is 13.5. The van der Waals surface area contributed by atoms with Gasteiger partial charge >= 0.3 is 0 Å². The van der Waals surface area contributed by atoms with Crippen LogP contribution in [0.5, 0.6) is 5.75 Å². The fourth-order valence-electron chi connectivity index (χ4n) is 3.56. The van der Waals surface area contributed by atoms with Gasteiger partial charge in [0.05, 0.1) is 18.5 Å². The number of thiophene rings is 1. The minimum absolute atomic E-state index is 0.108. The van der Waals surface area contributed by atoms with Gasteiger partial charge in [-0.25, -0.2) is 4.98 Å². The Morgan fingerprint density at radius 1 is 1.12 bits per heavy atom. The molecule has 0 aliphatic heterocycles. The number of benzene rings is 1. The van der Waals surface area contributed by atoms with Crippen molar-refractivity contribution >= 4 is 21.6 Å². The summed E-state index contributed by atoms with van der Waals surface area (Å²) in [5.74, 6) is 1.22. The van der Waals surface area contributed by atoms with Crippen LogP contribution in [0.15, 0.2) is 45.4 Å². The number of ether oxygens (including phenoxy) is 1. The highest BCUT2D eigenvalue weighted by molar-refractivity contribution is 7.17. The van der Waals surface area contributed by atoms with E-state index in [4.69, 9.17) is 4.74 Å². The predicted octanol–water partition coefficient (Wildman–Crippen LogP) is 4.82. The molecular weight excluding hydrogens is 422 g/mol. The Labute approximate surface area is 190 Å². The van der Waals surface area contributed by atoms with Gasteiger partial charge < -0.3 is 9.72 Å². The van der Waals surface area contributed by atoms with Crippen molar-refractivity contribution in [2.75, 3.05) is 6.61 Å². The van der Waals surface area contributed by atoms with Gasteiger partial charge in [-0.2, -0.15) is 0 Å². The van der Waals surface area contributed by atoms with Gasteiger partial charge in [-0.3, -0.25) is 14.2 Å². The summed E-state index contributed by atoms with van der Waals surface area (Å²) in [4.78, 5) is 34.4. The van der Waals surface area contributed by atoms with E-state index in [2.05, 4.69) is 35.9 Å². The van der Waals surface area contributed by atoms with Crippen molar-refractivity contribution in [1.29, 1.82) is 0 Å². The molecule has 6 nitrogen and oxygen atoms in total. The average molecular weight is 450 g/mol. The maximum atomic E-state index is 13.5. The number of fused-ring (bicyclic) bond motifs is 1. The van der Waals surface area contributed by atoms with E-state index in [-0.39, 0.29) is 23.3 Å². The molecule has 0 aliphatic rings. The lowest BCUT2D eigenvalue weighted by atomic mass is 10.0. The maximum Gasteiger partial charge on any atom is 0.263 e. The molecule has 0 radical (unpaired) electrons. The van der Waals surface area contributed by atoms with Gasteiger partial charge in [0.2, 0.25) is 5.43 Å². The highest BCUT2D eigenvalue weighted by atomic mass is 32.1. The summed E-state index contributed by atoms with van der Waals surface area (Å²) in [7, 11) is 0. The number of aromatic amines is 1. The Hall–Kier alpha value is -3.19. The van der Waals surface area contributed by atoms with Crippen LogP contribution in [0, 0.1) is 26.7 Å². The lowest BCUT2D eigenvalue weighted by molar-refractivity contribution is 0.267. The number of hydrogen-bond acceptors (Lipinski definition) is 5. The molecule has 0 atom stereocenters. The van der Waals surface area contributed by atoms with Gasteiger partial charge in [-0.05, 0) is 43.4 Å².